The summed E-state index contributed by atoms with van der Waals surface area (Å²) in [6.45, 7) is 4.24. The molecule has 0 spiro atoms. The molecule has 3 aromatic rings. The largest absolute Gasteiger partial charge is 0.497 e. The summed E-state index contributed by atoms with van der Waals surface area (Å²) in [4.78, 5) is 4.95. The molecular weight excluding hydrogens is 419 g/mol. The fourth-order valence-corrected chi connectivity index (χ4v) is 5.25. The number of rotatable bonds is 7. The summed E-state index contributed by atoms with van der Waals surface area (Å²) in [6, 6.07) is 15.2. The first-order valence-corrected chi connectivity index (χ1v) is 11.8. The maximum absolute atomic E-state index is 15.0. The number of methoxy groups -OCH3 is 1. The van der Waals surface area contributed by atoms with Crippen molar-refractivity contribution in [2.24, 2.45) is 0 Å². The van der Waals surface area contributed by atoms with Crippen LogP contribution in [0.2, 0.25) is 0 Å². The van der Waals surface area contributed by atoms with Crippen LogP contribution in [0.1, 0.15) is 48.7 Å². The zero-order chi connectivity index (χ0) is 22.6. The van der Waals surface area contributed by atoms with Crippen LogP contribution in [0.4, 0.5) is 4.39 Å². The quantitative estimate of drug-likeness (QED) is 0.549. The van der Waals surface area contributed by atoms with Gasteiger partial charge >= 0.3 is 0 Å². The normalized spacial score (nSPS) is 19.1. The van der Waals surface area contributed by atoms with E-state index in [1.807, 2.05) is 36.4 Å². The maximum atomic E-state index is 15.0. The molecule has 33 heavy (non-hydrogen) atoms. The van der Waals surface area contributed by atoms with E-state index in [1.54, 1.807) is 17.9 Å². The standard InChI is InChI=1S/C25H31FN6O/c1-33-21-12-10-19(11-13-21)18-32-25(27-28-29-32)24(22-8-4-5-9-23(22)26)31-16-14-30(15-17-31)20-6-2-3-7-20/h4-5,8-13,20,24H,2-3,6-7,14-18H2,1H3. The fourth-order valence-electron chi connectivity index (χ4n) is 5.25. The van der Waals surface area contributed by atoms with Gasteiger partial charge in [-0.05, 0) is 47.0 Å². The van der Waals surface area contributed by atoms with Crippen molar-refractivity contribution in [3.8, 4) is 5.75 Å². The number of hydrogen-bond donors (Lipinski definition) is 0. The van der Waals surface area contributed by atoms with Crippen molar-refractivity contribution in [1.29, 1.82) is 0 Å². The average molecular weight is 451 g/mol. The van der Waals surface area contributed by atoms with Crippen LogP contribution in [0, 0.1) is 5.82 Å². The molecule has 1 atom stereocenters. The molecule has 0 amide bonds. The molecule has 2 heterocycles. The molecule has 1 aliphatic heterocycles. The van der Waals surface area contributed by atoms with Crippen molar-refractivity contribution in [1.82, 2.24) is 30.0 Å². The first-order valence-electron chi connectivity index (χ1n) is 11.8. The molecule has 0 N–H and O–H groups in total. The molecule has 174 valence electrons. The molecule has 1 aliphatic carbocycles. The third-order valence-electron chi connectivity index (χ3n) is 7.05. The van der Waals surface area contributed by atoms with Crippen LogP contribution in [0.3, 0.4) is 0 Å². The predicted molar refractivity (Wildman–Crippen MR) is 124 cm³/mol. The van der Waals surface area contributed by atoms with Crippen molar-refractivity contribution < 1.29 is 9.13 Å². The Balaban J connectivity index is 1.41. The van der Waals surface area contributed by atoms with Gasteiger partial charge in [0.15, 0.2) is 5.82 Å². The lowest BCUT2D eigenvalue weighted by atomic mass is 10.0. The molecule has 7 nitrogen and oxygen atoms in total. The van der Waals surface area contributed by atoms with Crippen LogP contribution in [-0.2, 0) is 6.54 Å². The van der Waals surface area contributed by atoms with Crippen LogP contribution < -0.4 is 4.74 Å². The zero-order valence-corrected chi connectivity index (χ0v) is 19.1. The molecule has 0 radical (unpaired) electrons. The number of nitrogens with zero attached hydrogens (tertiary/aromatic N) is 6. The van der Waals surface area contributed by atoms with E-state index >= 15 is 4.39 Å². The van der Waals surface area contributed by atoms with Gasteiger partial charge in [-0.2, -0.15) is 0 Å². The Labute approximate surface area is 194 Å². The highest BCUT2D eigenvalue weighted by atomic mass is 19.1. The third kappa shape index (κ3) is 4.77. The second-order valence-corrected chi connectivity index (χ2v) is 8.98. The average Bonchev–Trinajstić information content (AvgIpc) is 3.55. The zero-order valence-electron chi connectivity index (χ0n) is 19.1. The summed E-state index contributed by atoms with van der Waals surface area (Å²) in [5, 5.41) is 12.6. The Morgan fingerprint density at radius 2 is 1.73 bits per heavy atom. The van der Waals surface area contributed by atoms with Gasteiger partial charge in [0.25, 0.3) is 0 Å². The van der Waals surface area contributed by atoms with E-state index in [0.29, 0.717) is 24.0 Å². The Bertz CT molecular complexity index is 1040. The van der Waals surface area contributed by atoms with Gasteiger partial charge in [0.2, 0.25) is 0 Å². The third-order valence-corrected chi connectivity index (χ3v) is 7.05. The van der Waals surface area contributed by atoms with Gasteiger partial charge in [0, 0.05) is 37.8 Å². The van der Waals surface area contributed by atoms with Crippen molar-refractivity contribution in [3.63, 3.8) is 0 Å². The van der Waals surface area contributed by atoms with Crippen LogP contribution >= 0.6 is 0 Å². The van der Waals surface area contributed by atoms with E-state index in [0.717, 1.165) is 37.5 Å². The van der Waals surface area contributed by atoms with Crippen molar-refractivity contribution in [2.45, 2.75) is 44.3 Å². The van der Waals surface area contributed by atoms with E-state index in [4.69, 9.17) is 4.74 Å². The minimum Gasteiger partial charge on any atom is -0.497 e. The Morgan fingerprint density at radius 3 is 2.42 bits per heavy atom. The van der Waals surface area contributed by atoms with Gasteiger partial charge in [-0.25, -0.2) is 9.07 Å². The van der Waals surface area contributed by atoms with Crippen molar-refractivity contribution in [3.05, 3.63) is 71.3 Å². The lowest BCUT2D eigenvalue weighted by Crippen LogP contribution is -2.51. The predicted octanol–water partition coefficient (Wildman–Crippen LogP) is 3.52. The lowest BCUT2D eigenvalue weighted by Gasteiger charge is -2.41. The van der Waals surface area contributed by atoms with Crippen molar-refractivity contribution >= 4 is 0 Å². The van der Waals surface area contributed by atoms with Gasteiger partial charge in [-0.1, -0.05) is 43.2 Å². The Kier molecular flexibility index (Phi) is 6.64. The maximum Gasteiger partial charge on any atom is 0.173 e. The summed E-state index contributed by atoms with van der Waals surface area (Å²) in [6.07, 6.45) is 5.28. The Hall–Kier alpha value is -2.84. The molecule has 2 aliphatic rings. The number of piperazine rings is 1. The second kappa shape index (κ2) is 9.97. The number of hydrogen-bond acceptors (Lipinski definition) is 6. The molecule has 2 fully saturated rings. The summed E-state index contributed by atoms with van der Waals surface area (Å²) in [5.41, 5.74) is 1.68. The first kappa shape index (κ1) is 22.0. The highest BCUT2D eigenvalue weighted by Gasteiger charge is 2.34. The number of ether oxygens (including phenoxy) is 1. The van der Waals surface area contributed by atoms with Crippen molar-refractivity contribution in [2.75, 3.05) is 33.3 Å². The fraction of sp³-hybridized carbons (Fsp3) is 0.480. The lowest BCUT2D eigenvalue weighted by molar-refractivity contribution is 0.0762. The Morgan fingerprint density at radius 1 is 1.00 bits per heavy atom. The van der Waals surface area contributed by atoms with Gasteiger partial charge in [-0.3, -0.25) is 9.80 Å². The summed E-state index contributed by atoms with van der Waals surface area (Å²) < 4.78 is 22.1. The topological polar surface area (TPSA) is 59.3 Å². The molecular formula is C25H31FN6O. The number of benzene rings is 2. The van der Waals surface area contributed by atoms with Gasteiger partial charge in [0.05, 0.1) is 13.7 Å². The van der Waals surface area contributed by atoms with Crippen LogP contribution in [-0.4, -0.2) is 69.3 Å². The molecule has 2 aromatic carbocycles. The molecule has 5 rings (SSSR count). The molecule has 1 aromatic heterocycles. The van der Waals surface area contributed by atoms with E-state index in [9.17, 15) is 0 Å². The molecule has 1 saturated carbocycles. The molecule has 0 bridgehead atoms. The minimum absolute atomic E-state index is 0.222. The van der Waals surface area contributed by atoms with E-state index < -0.39 is 0 Å². The number of aromatic nitrogens is 4. The highest BCUT2D eigenvalue weighted by Crippen LogP contribution is 2.32. The van der Waals surface area contributed by atoms with Gasteiger partial charge in [0.1, 0.15) is 17.6 Å². The van der Waals surface area contributed by atoms with Crippen LogP contribution in [0.25, 0.3) is 0 Å². The molecule has 8 heteroatoms. The molecule has 1 saturated heterocycles. The van der Waals surface area contributed by atoms with E-state index in [1.165, 1.54) is 31.7 Å². The van der Waals surface area contributed by atoms with E-state index in [2.05, 4.69) is 25.3 Å². The van der Waals surface area contributed by atoms with Gasteiger partial charge in [-0.15, -0.1) is 5.10 Å². The number of tetrazole rings is 1. The minimum atomic E-state index is -0.329. The van der Waals surface area contributed by atoms with Crippen LogP contribution in [0.15, 0.2) is 48.5 Å². The SMILES string of the molecule is COc1ccc(Cn2nnnc2C(c2ccccc2F)N2CCN(C3CCCC3)CC2)cc1. The highest BCUT2D eigenvalue weighted by molar-refractivity contribution is 5.29. The summed E-state index contributed by atoms with van der Waals surface area (Å²) in [5.74, 6) is 1.25. The monoisotopic (exact) mass is 450 g/mol. The second-order valence-electron chi connectivity index (χ2n) is 8.98. The molecule has 1 unspecified atom stereocenters. The van der Waals surface area contributed by atoms with Crippen LogP contribution in [0.5, 0.6) is 5.75 Å². The summed E-state index contributed by atoms with van der Waals surface area (Å²) >= 11 is 0. The van der Waals surface area contributed by atoms with E-state index in [-0.39, 0.29) is 11.9 Å². The smallest absolute Gasteiger partial charge is 0.173 e. The van der Waals surface area contributed by atoms with Gasteiger partial charge < -0.3 is 4.74 Å². The first-order chi connectivity index (χ1) is 16.2. The number of halogens is 1. The summed E-state index contributed by atoms with van der Waals surface area (Å²) in [7, 11) is 1.65.